The summed E-state index contributed by atoms with van der Waals surface area (Å²) in [5.74, 6) is 1.74. The van der Waals surface area contributed by atoms with Gasteiger partial charge < -0.3 is 10.4 Å². The molecule has 2 N–H and O–H groups in total. The first-order valence-corrected chi connectivity index (χ1v) is 8.83. The molecule has 22 heavy (non-hydrogen) atoms. The molecule has 0 atom stereocenters. The Hall–Kier alpha value is -1.51. The second kappa shape index (κ2) is 8.82. The van der Waals surface area contributed by atoms with Crippen molar-refractivity contribution >= 4 is 17.7 Å². The summed E-state index contributed by atoms with van der Waals surface area (Å²) in [6.45, 7) is 0.265. The van der Waals surface area contributed by atoms with Crippen LogP contribution in [0.4, 0.5) is 0 Å². The summed E-state index contributed by atoms with van der Waals surface area (Å²) in [5.41, 5.74) is 1.78. The molecule has 1 saturated carbocycles. The molecule has 1 aromatic rings. The SMILES string of the molecule is N#Cc1ccc(CSCC(=O)NC2CCC(CO)CC2)cc1. The van der Waals surface area contributed by atoms with Crippen molar-refractivity contribution in [1.82, 2.24) is 5.32 Å². The number of nitrogens with zero attached hydrogens (tertiary/aromatic N) is 1. The molecular weight excluding hydrogens is 296 g/mol. The second-order valence-corrected chi connectivity index (χ2v) is 6.75. The summed E-state index contributed by atoms with van der Waals surface area (Å²) in [6.07, 6.45) is 3.94. The highest BCUT2D eigenvalue weighted by Crippen LogP contribution is 2.23. The zero-order chi connectivity index (χ0) is 15.8. The van der Waals surface area contributed by atoms with Crippen LogP contribution in [0.5, 0.6) is 0 Å². The quantitative estimate of drug-likeness (QED) is 0.845. The first kappa shape index (κ1) is 16.9. The third-order valence-electron chi connectivity index (χ3n) is 4.05. The van der Waals surface area contributed by atoms with Gasteiger partial charge in [-0.15, -0.1) is 11.8 Å². The Morgan fingerprint density at radius 1 is 1.27 bits per heavy atom. The van der Waals surface area contributed by atoms with Gasteiger partial charge >= 0.3 is 0 Å². The number of carbonyl (C=O) groups excluding carboxylic acids is 1. The van der Waals surface area contributed by atoms with Crippen LogP contribution in [-0.2, 0) is 10.5 Å². The van der Waals surface area contributed by atoms with E-state index in [1.54, 1.807) is 23.9 Å². The molecule has 0 spiro atoms. The smallest absolute Gasteiger partial charge is 0.230 e. The summed E-state index contributed by atoms with van der Waals surface area (Å²) in [5, 5.41) is 20.9. The van der Waals surface area contributed by atoms with E-state index < -0.39 is 0 Å². The number of aliphatic hydroxyl groups is 1. The van der Waals surface area contributed by atoms with Gasteiger partial charge in [0.1, 0.15) is 0 Å². The van der Waals surface area contributed by atoms with Gasteiger partial charge in [0.15, 0.2) is 0 Å². The summed E-state index contributed by atoms with van der Waals surface area (Å²) in [4.78, 5) is 11.9. The fourth-order valence-corrected chi connectivity index (χ4v) is 3.49. The molecule has 4 nitrogen and oxygen atoms in total. The minimum atomic E-state index is 0.0890. The Morgan fingerprint density at radius 3 is 2.55 bits per heavy atom. The zero-order valence-electron chi connectivity index (χ0n) is 12.6. The van der Waals surface area contributed by atoms with Gasteiger partial charge in [0.2, 0.25) is 5.91 Å². The van der Waals surface area contributed by atoms with Crippen LogP contribution in [0.15, 0.2) is 24.3 Å². The Balaban J connectivity index is 1.64. The number of hydrogen-bond donors (Lipinski definition) is 2. The maximum Gasteiger partial charge on any atom is 0.230 e. The first-order valence-electron chi connectivity index (χ1n) is 7.68. The zero-order valence-corrected chi connectivity index (χ0v) is 13.4. The number of benzene rings is 1. The van der Waals surface area contributed by atoms with Gasteiger partial charge in [-0.1, -0.05) is 12.1 Å². The number of carbonyl (C=O) groups is 1. The van der Waals surface area contributed by atoms with Crippen LogP contribution in [0.1, 0.15) is 36.8 Å². The average molecular weight is 318 g/mol. The van der Waals surface area contributed by atoms with Crippen molar-refractivity contribution in [2.45, 2.75) is 37.5 Å². The van der Waals surface area contributed by atoms with Crippen molar-refractivity contribution in [2.75, 3.05) is 12.4 Å². The van der Waals surface area contributed by atoms with Gasteiger partial charge in [0.05, 0.1) is 17.4 Å². The van der Waals surface area contributed by atoms with Gasteiger partial charge in [-0.25, -0.2) is 0 Å². The van der Waals surface area contributed by atoms with E-state index in [4.69, 9.17) is 10.4 Å². The van der Waals surface area contributed by atoms with Crippen molar-refractivity contribution in [3.05, 3.63) is 35.4 Å². The van der Waals surface area contributed by atoms with Crippen LogP contribution in [0.3, 0.4) is 0 Å². The molecule has 0 aromatic heterocycles. The van der Waals surface area contributed by atoms with Crippen molar-refractivity contribution in [2.24, 2.45) is 5.92 Å². The Bertz CT molecular complexity index is 516. The highest BCUT2D eigenvalue weighted by atomic mass is 32.2. The van der Waals surface area contributed by atoms with E-state index in [2.05, 4.69) is 11.4 Å². The van der Waals surface area contributed by atoms with E-state index in [0.29, 0.717) is 17.2 Å². The number of hydrogen-bond acceptors (Lipinski definition) is 4. The molecule has 0 unspecified atom stereocenters. The topological polar surface area (TPSA) is 73.1 Å². The standard InChI is InChI=1S/C17H22N2O2S/c18-9-13-1-3-15(4-2-13)11-22-12-17(21)19-16-7-5-14(10-20)6-8-16/h1-4,14,16,20H,5-8,10-12H2,(H,19,21). The molecule has 2 rings (SSSR count). The summed E-state index contributed by atoms with van der Waals surface area (Å²) in [7, 11) is 0. The largest absolute Gasteiger partial charge is 0.396 e. The molecule has 0 aliphatic heterocycles. The van der Waals surface area contributed by atoms with Crippen LogP contribution in [-0.4, -0.2) is 29.4 Å². The van der Waals surface area contributed by atoms with E-state index >= 15 is 0 Å². The van der Waals surface area contributed by atoms with E-state index in [0.717, 1.165) is 37.0 Å². The van der Waals surface area contributed by atoms with Crippen LogP contribution in [0.2, 0.25) is 0 Å². The molecule has 0 bridgehead atoms. The lowest BCUT2D eigenvalue weighted by molar-refractivity contribution is -0.119. The fraction of sp³-hybridized carbons (Fsp3) is 0.529. The molecule has 1 aliphatic rings. The molecule has 118 valence electrons. The van der Waals surface area contributed by atoms with Crippen molar-refractivity contribution < 1.29 is 9.90 Å². The molecule has 1 aliphatic carbocycles. The Morgan fingerprint density at radius 2 is 1.95 bits per heavy atom. The Kier molecular flexibility index (Phi) is 6.75. The monoisotopic (exact) mass is 318 g/mol. The lowest BCUT2D eigenvalue weighted by Crippen LogP contribution is -2.39. The normalized spacial score (nSPS) is 21.1. The molecule has 0 radical (unpaired) electrons. The predicted molar refractivity (Wildman–Crippen MR) is 88.3 cm³/mol. The van der Waals surface area contributed by atoms with Crippen LogP contribution in [0.25, 0.3) is 0 Å². The van der Waals surface area contributed by atoms with E-state index in [1.165, 1.54) is 0 Å². The van der Waals surface area contributed by atoms with Gasteiger partial charge in [0.25, 0.3) is 0 Å². The van der Waals surface area contributed by atoms with Crippen molar-refractivity contribution in [3.8, 4) is 6.07 Å². The first-order chi connectivity index (χ1) is 10.7. The third-order valence-corrected chi connectivity index (χ3v) is 5.06. The fourth-order valence-electron chi connectivity index (χ4n) is 2.70. The minimum absolute atomic E-state index is 0.0890. The molecule has 1 aromatic carbocycles. The number of aliphatic hydroxyl groups excluding tert-OH is 1. The third kappa shape index (κ3) is 5.36. The number of amides is 1. The number of rotatable bonds is 6. The Labute approximate surface area is 135 Å². The highest BCUT2D eigenvalue weighted by Gasteiger charge is 2.21. The van der Waals surface area contributed by atoms with Crippen LogP contribution < -0.4 is 5.32 Å². The molecular formula is C17H22N2O2S. The highest BCUT2D eigenvalue weighted by molar-refractivity contribution is 7.99. The van der Waals surface area contributed by atoms with Gasteiger partial charge in [-0.2, -0.15) is 5.26 Å². The lowest BCUT2D eigenvalue weighted by Gasteiger charge is -2.27. The second-order valence-electron chi connectivity index (χ2n) is 5.77. The number of nitrogens with one attached hydrogen (secondary N) is 1. The van der Waals surface area contributed by atoms with Gasteiger partial charge in [-0.3, -0.25) is 4.79 Å². The van der Waals surface area contributed by atoms with E-state index in [1.807, 2.05) is 12.1 Å². The molecule has 0 heterocycles. The molecule has 5 heteroatoms. The van der Waals surface area contributed by atoms with E-state index in [-0.39, 0.29) is 18.6 Å². The predicted octanol–water partition coefficient (Wildman–Crippen LogP) is 2.46. The molecule has 1 fully saturated rings. The molecule has 1 amide bonds. The summed E-state index contributed by atoms with van der Waals surface area (Å²) < 4.78 is 0. The van der Waals surface area contributed by atoms with Crippen LogP contribution >= 0.6 is 11.8 Å². The number of nitriles is 1. The minimum Gasteiger partial charge on any atom is -0.396 e. The van der Waals surface area contributed by atoms with Gasteiger partial charge in [0, 0.05) is 18.4 Å². The summed E-state index contributed by atoms with van der Waals surface area (Å²) in [6, 6.07) is 9.83. The van der Waals surface area contributed by atoms with Crippen LogP contribution in [0, 0.1) is 17.2 Å². The lowest BCUT2D eigenvalue weighted by atomic mass is 9.86. The van der Waals surface area contributed by atoms with Gasteiger partial charge in [-0.05, 0) is 49.3 Å². The van der Waals surface area contributed by atoms with E-state index in [9.17, 15) is 4.79 Å². The number of thioether (sulfide) groups is 1. The average Bonchev–Trinajstić information content (AvgIpc) is 2.56. The maximum atomic E-state index is 11.9. The van der Waals surface area contributed by atoms with Crippen molar-refractivity contribution in [3.63, 3.8) is 0 Å². The van der Waals surface area contributed by atoms with Crippen molar-refractivity contribution in [1.29, 1.82) is 5.26 Å². The summed E-state index contributed by atoms with van der Waals surface area (Å²) >= 11 is 1.59. The molecule has 0 saturated heterocycles. The maximum absolute atomic E-state index is 11.9.